The van der Waals surface area contributed by atoms with Gasteiger partial charge in [-0.25, -0.2) is 12.8 Å². The Morgan fingerprint density at radius 1 is 0.935 bits per heavy atom. The van der Waals surface area contributed by atoms with Crippen LogP contribution in [0.25, 0.3) is 0 Å². The number of nitrogens with zero attached hydrogens (tertiary/aromatic N) is 1. The van der Waals surface area contributed by atoms with E-state index in [2.05, 4.69) is 0 Å². The number of aliphatic hydroxyl groups is 1. The van der Waals surface area contributed by atoms with E-state index in [9.17, 15) is 17.9 Å². The number of benzene rings is 3. The van der Waals surface area contributed by atoms with Gasteiger partial charge in [-0.2, -0.15) is 0 Å². The molecule has 0 saturated heterocycles. The van der Waals surface area contributed by atoms with E-state index >= 15 is 0 Å². The number of halogens is 1. The number of anilines is 1. The first-order valence-corrected chi connectivity index (χ1v) is 11.3. The first-order chi connectivity index (χ1) is 14.7. The minimum atomic E-state index is -3.98. The third-order valence-corrected chi connectivity index (χ3v) is 6.74. The highest BCUT2D eigenvalue weighted by atomic mass is 32.2. The summed E-state index contributed by atoms with van der Waals surface area (Å²) >= 11 is 0. The summed E-state index contributed by atoms with van der Waals surface area (Å²) in [4.78, 5) is 0.0882. The third kappa shape index (κ3) is 5.42. The van der Waals surface area contributed by atoms with Crippen LogP contribution in [0.2, 0.25) is 0 Å². The normalized spacial score (nSPS) is 12.4. The van der Waals surface area contributed by atoms with Crippen LogP contribution in [0.1, 0.15) is 16.7 Å². The first kappa shape index (κ1) is 22.8. The Morgan fingerprint density at radius 2 is 1.52 bits per heavy atom. The molecule has 0 heterocycles. The summed E-state index contributed by atoms with van der Waals surface area (Å²) < 4.78 is 46.9. The standard InChI is InChI=1S/C24H26FNO4S/c1-17-7-13-23(14-8-17)31(28,29)26(21-11-9-20(25)10-12-21)15-22(27)16-30-24-18(2)5-4-6-19(24)3/h4-14,22,27H,15-16H2,1-3H3/t22-/m0/s1. The summed E-state index contributed by atoms with van der Waals surface area (Å²) in [6.07, 6.45) is -1.11. The third-order valence-electron chi connectivity index (χ3n) is 4.93. The lowest BCUT2D eigenvalue weighted by molar-refractivity contribution is 0.114. The van der Waals surface area contributed by atoms with Gasteiger partial charge in [0.25, 0.3) is 10.0 Å². The van der Waals surface area contributed by atoms with E-state index in [1.807, 2.05) is 39.0 Å². The highest BCUT2D eigenvalue weighted by Gasteiger charge is 2.27. The molecule has 1 N–H and O–H groups in total. The maximum absolute atomic E-state index is 13.4. The number of sulfonamides is 1. The zero-order chi connectivity index (χ0) is 22.6. The quantitative estimate of drug-likeness (QED) is 0.561. The van der Waals surface area contributed by atoms with Crippen molar-refractivity contribution in [3.8, 4) is 5.75 Å². The second-order valence-electron chi connectivity index (χ2n) is 7.51. The lowest BCUT2D eigenvalue weighted by Gasteiger charge is -2.27. The summed E-state index contributed by atoms with van der Waals surface area (Å²) in [7, 11) is -3.98. The van der Waals surface area contributed by atoms with Gasteiger partial charge in [0.2, 0.25) is 0 Å². The van der Waals surface area contributed by atoms with Crippen molar-refractivity contribution < 1.29 is 22.7 Å². The van der Waals surface area contributed by atoms with Crippen molar-refractivity contribution in [3.63, 3.8) is 0 Å². The van der Waals surface area contributed by atoms with Crippen molar-refractivity contribution in [1.29, 1.82) is 0 Å². The van der Waals surface area contributed by atoms with Gasteiger partial charge in [-0.05, 0) is 68.3 Å². The van der Waals surface area contributed by atoms with Crippen molar-refractivity contribution in [1.82, 2.24) is 0 Å². The summed E-state index contributed by atoms with van der Waals surface area (Å²) in [6.45, 7) is 5.34. The van der Waals surface area contributed by atoms with E-state index in [0.717, 1.165) is 21.0 Å². The van der Waals surface area contributed by atoms with Crippen LogP contribution < -0.4 is 9.04 Å². The summed E-state index contributed by atoms with van der Waals surface area (Å²) in [6, 6.07) is 17.3. The molecular weight excluding hydrogens is 417 g/mol. The number of hydrogen-bond donors (Lipinski definition) is 1. The molecule has 0 amide bonds. The van der Waals surface area contributed by atoms with Gasteiger partial charge in [0, 0.05) is 0 Å². The van der Waals surface area contributed by atoms with Crippen LogP contribution in [0.5, 0.6) is 5.75 Å². The Bertz CT molecular complexity index is 1110. The number of hydrogen-bond acceptors (Lipinski definition) is 4. The molecule has 0 aliphatic carbocycles. The highest BCUT2D eigenvalue weighted by Crippen LogP contribution is 2.26. The maximum Gasteiger partial charge on any atom is 0.264 e. The molecule has 0 saturated carbocycles. The first-order valence-electron chi connectivity index (χ1n) is 9.90. The van der Waals surface area contributed by atoms with Crippen LogP contribution in [0.4, 0.5) is 10.1 Å². The molecule has 164 valence electrons. The van der Waals surface area contributed by atoms with E-state index in [-0.39, 0.29) is 23.7 Å². The average Bonchev–Trinajstić information content (AvgIpc) is 2.72. The van der Waals surface area contributed by atoms with E-state index in [0.29, 0.717) is 5.75 Å². The molecule has 0 fully saturated rings. The number of aliphatic hydroxyl groups excluding tert-OH is 1. The molecule has 3 rings (SSSR count). The van der Waals surface area contributed by atoms with E-state index in [1.54, 1.807) is 12.1 Å². The predicted molar refractivity (Wildman–Crippen MR) is 120 cm³/mol. The fourth-order valence-electron chi connectivity index (χ4n) is 3.24. The molecule has 31 heavy (non-hydrogen) atoms. The van der Waals surface area contributed by atoms with Gasteiger partial charge in [-0.3, -0.25) is 4.31 Å². The Morgan fingerprint density at radius 3 is 2.10 bits per heavy atom. The van der Waals surface area contributed by atoms with E-state index in [4.69, 9.17) is 4.74 Å². The van der Waals surface area contributed by atoms with Gasteiger partial charge in [0.1, 0.15) is 24.3 Å². The molecule has 0 aromatic heterocycles. The second kappa shape index (κ2) is 9.49. The molecule has 3 aromatic rings. The van der Waals surface area contributed by atoms with Crippen molar-refractivity contribution in [3.05, 3.63) is 89.2 Å². The Kier molecular flexibility index (Phi) is 6.97. The molecule has 3 aromatic carbocycles. The number of aryl methyl sites for hydroxylation is 3. The van der Waals surface area contributed by atoms with Gasteiger partial charge in [-0.1, -0.05) is 35.9 Å². The average molecular weight is 444 g/mol. The summed E-state index contributed by atoms with van der Waals surface area (Å²) in [5, 5.41) is 10.6. The van der Waals surface area contributed by atoms with E-state index < -0.39 is 21.9 Å². The van der Waals surface area contributed by atoms with E-state index in [1.165, 1.54) is 36.4 Å². The number of rotatable bonds is 8. The minimum absolute atomic E-state index is 0.0882. The van der Waals surface area contributed by atoms with Gasteiger partial charge < -0.3 is 9.84 Å². The van der Waals surface area contributed by atoms with Gasteiger partial charge in [0.15, 0.2) is 0 Å². The van der Waals surface area contributed by atoms with Crippen molar-refractivity contribution in [2.45, 2.75) is 31.8 Å². The van der Waals surface area contributed by atoms with Crippen molar-refractivity contribution in [2.24, 2.45) is 0 Å². The van der Waals surface area contributed by atoms with Crippen molar-refractivity contribution in [2.75, 3.05) is 17.5 Å². The molecule has 0 unspecified atom stereocenters. The fourth-order valence-corrected chi connectivity index (χ4v) is 4.74. The topological polar surface area (TPSA) is 66.8 Å². The molecule has 0 aliphatic rings. The molecule has 7 heteroatoms. The molecule has 0 radical (unpaired) electrons. The smallest absolute Gasteiger partial charge is 0.264 e. The highest BCUT2D eigenvalue weighted by molar-refractivity contribution is 7.92. The second-order valence-corrected chi connectivity index (χ2v) is 9.37. The fraction of sp³-hybridized carbons (Fsp3) is 0.250. The zero-order valence-corrected chi connectivity index (χ0v) is 18.6. The van der Waals surface area contributed by atoms with Crippen LogP contribution in [-0.2, 0) is 10.0 Å². The molecular formula is C24H26FNO4S. The molecule has 0 spiro atoms. The van der Waals surface area contributed by atoms with Gasteiger partial charge in [-0.15, -0.1) is 0 Å². The lowest BCUT2D eigenvalue weighted by Crippen LogP contribution is -2.40. The maximum atomic E-state index is 13.4. The number of ether oxygens (including phenoxy) is 1. The predicted octanol–water partition coefficient (Wildman–Crippen LogP) is 4.39. The van der Waals surface area contributed by atoms with Gasteiger partial charge in [0.05, 0.1) is 17.1 Å². The minimum Gasteiger partial charge on any atom is -0.490 e. The molecule has 0 aliphatic heterocycles. The summed E-state index contributed by atoms with van der Waals surface area (Å²) in [5.41, 5.74) is 3.03. The zero-order valence-electron chi connectivity index (χ0n) is 17.7. The van der Waals surface area contributed by atoms with Crippen LogP contribution >= 0.6 is 0 Å². The summed E-state index contributed by atoms with van der Waals surface area (Å²) in [5.74, 6) is 0.187. The molecule has 0 bridgehead atoms. The SMILES string of the molecule is Cc1ccc(S(=O)(=O)N(C[C@H](O)COc2c(C)cccc2C)c2ccc(F)cc2)cc1. The Balaban J connectivity index is 1.86. The molecule has 5 nitrogen and oxygen atoms in total. The lowest BCUT2D eigenvalue weighted by atomic mass is 10.1. The van der Waals surface area contributed by atoms with Crippen LogP contribution in [0.15, 0.2) is 71.6 Å². The molecule has 1 atom stereocenters. The van der Waals surface area contributed by atoms with Crippen LogP contribution in [-0.4, -0.2) is 32.8 Å². The largest absolute Gasteiger partial charge is 0.490 e. The Labute approximate surface area is 182 Å². The van der Waals surface area contributed by atoms with Crippen LogP contribution in [0, 0.1) is 26.6 Å². The van der Waals surface area contributed by atoms with Crippen LogP contribution in [0.3, 0.4) is 0 Å². The monoisotopic (exact) mass is 443 g/mol. The van der Waals surface area contributed by atoms with Gasteiger partial charge >= 0.3 is 0 Å². The van der Waals surface area contributed by atoms with Crippen molar-refractivity contribution >= 4 is 15.7 Å². The Hall–Kier alpha value is -2.90. The number of para-hydroxylation sites is 1.